The molecule has 0 spiro atoms. The lowest BCUT2D eigenvalue weighted by molar-refractivity contribution is -0.138. The van der Waals surface area contributed by atoms with Gasteiger partial charge >= 0.3 is 6.03 Å². The largest absolute Gasteiger partial charge is 0.361 e. The van der Waals surface area contributed by atoms with Crippen molar-refractivity contribution in [3.63, 3.8) is 0 Å². The summed E-state index contributed by atoms with van der Waals surface area (Å²) in [6.07, 6.45) is 0.126. The second kappa shape index (κ2) is 9.41. The highest BCUT2D eigenvalue weighted by atomic mass is 19.3. The van der Waals surface area contributed by atoms with Crippen LogP contribution in [0.1, 0.15) is 24.3 Å². The van der Waals surface area contributed by atoms with E-state index in [4.69, 9.17) is 4.52 Å². The molecule has 2 aromatic heterocycles. The number of carbonyl (C=O) groups excluding carboxylic acids is 3. The first kappa shape index (κ1) is 24.6. The van der Waals surface area contributed by atoms with Gasteiger partial charge in [-0.25, -0.2) is 23.6 Å². The van der Waals surface area contributed by atoms with Crippen LogP contribution in [0.4, 0.5) is 25.2 Å². The molecule has 0 radical (unpaired) electrons. The van der Waals surface area contributed by atoms with Crippen molar-refractivity contribution in [2.75, 3.05) is 36.9 Å². The maximum atomic E-state index is 13.5. The number of aromatic nitrogens is 2. The monoisotopic (exact) mass is 516 g/mol. The standard InChI is InChI=1S/C23H26F2N8O4/c1-14-10-15(29-37-14)11-33-21(35)19-20(30(2)22(33)36)26-13-32(19)12-18(34)28-16-4-3-5-17(27-16)31-8-6-23(24,25)7-9-31/h3-5,10,13,19-20H,6-9,11-12H2,1-2H3,(H,27,28,34). The Kier molecular flexibility index (Phi) is 6.25. The van der Waals surface area contributed by atoms with Gasteiger partial charge in [-0.3, -0.25) is 14.5 Å². The molecular weight excluding hydrogens is 490 g/mol. The van der Waals surface area contributed by atoms with Crippen LogP contribution in [0.5, 0.6) is 0 Å². The van der Waals surface area contributed by atoms with Crippen LogP contribution in [-0.2, 0) is 16.1 Å². The number of fused-ring (bicyclic) bond motifs is 1. The van der Waals surface area contributed by atoms with E-state index in [0.29, 0.717) is 17.3 Å². The van der Waals surface area contributed by atoms with E-state index in [1.807, 2.05) is 0 Å². The summed E-state index contributed by atoms with van der Waals surface area (Å²) in [7, 11) is 1.54. The Labute approximate surface area is 210 Å². The Morgan fingerprint density at radius 1 is 1.24 bits per heavy atom. The SMILES string of the molecule is Cc1cc(CN2C(=O)C3C(N=CN3CC(=O)Nc3cccc(N4CCC(F)(F)CC4)n3)N(C)C2=O)no1. The second-order valence-electron chi connectivity index (χ2n) is 9.31. The zero-order valence-electron chi connectivity index (χ0n) is 20.3. The van der Waals surface area contributed by atoms with E-state index in [2.05, 4.69) is 20.4 Å². The first-order valence-corrected chi connectivity index (χ1v) is 11.8. The van der Waals surface area contributed by atoms with Gasteiger partial charge in [-0.05, 0) is 19.1 Å². The molecule has 2 fully saturated rings. The van der Waals surface area contributed by atoms with Gasteiger partial charge in [0, 0.05) is 39.0 Å². The van der Waals surface area contributed by atoms with E-state index >= 15 is 0 Å². The molecule has 2 saturated heterocycles. The maximum Gasteiger partial charge on any atom is 0.328 e. The van der Waals surface area contributed by atoms with Crippen molar-refractivity contribution in [3.05, 3.63) is 35.7 Å². The molecule has 2 aromatic rings. The molecule has 14 heteroatoms. The molecule has 196 valence electrons. The van der Waals surface area contributed by atoms with Crippen LogP contribution in [0.15, 0.2) is 33.8 Å². The Morgan fingerprint density at radius 3 is 2.70 bits per heavy atom. The van der Waals surface area contributed by atoms with Gasteiger partial charge in [-0.2, -0.15) is 0 Å². The van der Waals surface area contributed by atoms with Crippen molar-refractivity contribution in [3.8, 4) is 0 Å². The number of halogens is 2. The fourth-order valence-electron chi connectivity index (χ4n) is 4.64. The molecule has 37 heavy (non-hydrogen) atoms. The third kappa shape index (κ3) is 4.95. The zero-order valence-corrected chi connectivity index (χ0v) is 20.3. The molecule has 0 saturated carbocycles. The van der Waals surface area contributed by atoms with E-state index in [-0.39, 0.29) is 44.8 Å². The third-order valence-electron chi connectivity index (χ3n) is 6.60. The van der Waals surface area contributed by atoms with E-state index in [1.54, 1.807) is 43.1 Å². The van der Waals surface area contributed by atoms with Gasteiger partial charge in [0.25, 0.3) is 11.8 Å². The summed E-state index contributed by atoms with van der Waals surface area (Å²) in [5.74, 6) is -2.31. The summed E-state index contributed by atoms with van der Waals surface area (Å²) >= 11 is 0. The maximum absolute atomic E-state index is 13.5. The molecular formula is C23H26F2N8O4. The molecule has 5 rings (SSSR count). The summed E-state index contributed by atoms with van der Waals surface area (Å²) in [5, 5.41) is 6.55. The van der Waals surface area contributed by atoms with Crippen LogP contribution < -0.4 is 10.2 Å². The van der Waals surface area contributed by atoms with Gasteiger partial charge in [0.2, 0.25) is 5.91 Å². The van der Waals surface area contributed by atoms with Crippen LogP contribution >= 0.6 is 0 Å². The van der Waals surface area contributed by atoms with Gasteiger partial charge in [-0.1, -0.05) is 11.2 Å². The van der Waals surface area contributed by atoms with Crippen molar-refractivity contribution in [1.82, 2.24) is 24.8 Å². The van der Waals surface area contributed by atoms with E-state index in [0.717, 1.165) is 4.90 Å². The molecule has 0 aliphatic carbocycles. The van der Waals surface area contributed by atoms with E-state index in [9.17, 15) is 23.2 Å². The molecule has 0 aromatic carbocycles. The van der Waals surface area contributed by atoms with Crippen molar-refractivity contribution < 1.29 is 27.7 Å². The number of nitrogens with one attached hydrogen (secondary N) is 1. The molecule has 3 aliphatic heterocycles. The molecule has 3 aliphatic rings. The number of carbonyl (C=O) groups is 3. The Balaban J connectivity index is 1.24. The van der Waals surface area contributed by atoms with Crippen molar-refractivity contribution in [2.45, 2.75) is 44.4 Å². The predicted molar refractivity (Wildman–Crippen MR) is 127 cm³/mol. The average Bonchev–Trinajstić information content (AvgIpc) is 3.46. The van der Waals surface area contributed by atoms with Gasteiger partial charge in [0.1, 0.15) is 23.1 Å². The number of likely N-dealkylation sites (N-methyl/N-ethyl adjacent to an activating group) is 1. The average molecular weight is 517 g/mol. The number of anilines is 2. The number of alkyl halides is 2. The number of rotatable bonds is 6. The predicted octanol–water partition coefficient (Wildman–Crippen LogP) is 1.68. The van der Waals surface area contributed by atoms with Crippen LogP contribution in [0.2, 0.25) is 0 Å². The van der Waals surface area contributed by atoms with E-state index < -0.39 is 36.0 Å². The van der Waals surface area contributed by atoms with Crippen molar-refractivity contribution >= 4 is 35.8 Å². The molecule has 0 bridgehead atoms. The normalized spacial score (nSPS) is 23.0. The molecule has 2 atom stereocenters. The fourth-order valence-corrected chi connectivity index (χ4v) is 4.64. The van der Waals surface area contributed by atoms with Crippen LogP contribution in [0.3, 0.4) is 0 Å². The first-order valence-electron chi connectivity index (χ1n) is 11.8. The van der Waals surface area contributed by atoms with Gasteiger partial charge in [-0.15, -0.1) is 0 Å². The molecule has 2 unspecified atom stereocenters. The molecule has 1 N–H and O–H groups in total. The number of piperidine rings is 1. The highest BCUT2D eigenvalue weighted by molar-refractivity contribution is 6.03. The minimum atomic E-state index is -2.67. The molecule has 4 amide bonds. The number of urea groups is 1. The number of aryl methyl sites for hydroxylation is 1. The van der Waals surface area contributed by atoms with Gasteiger partial charge in [0.05, 0.1) is 19.4 Å². The minimum Gasteiger partial charge on any atom is -0.361 e. The van der Waals surface area contributed by atoms with Gasteiger partial charge in [0.15, 0.2) is 12.2 Å². The highest BCUT2D eigenvalue weighted by Gasteiger charge is 2.50. The zero-order chi connectivity index (χ0) is 26.3. The summed E-state index contributed by atoms with van der Waals surface area (Å²) in [4.78, 5) is 53.2. The summed E-state index contributed by atoms with van der Waals surface area (Å²) in [6, 6.07) is 5.23. The Morgan fingerprint density at radius 2 is 2.00 bits per heavy atom. The Hall–Kier alpha value is -4.10. The van der Waals surface area contributed by atoms with Crippen LogP contribution in [-0.4, -0.2) is 93.8 Å². The van der Waals surface area contributed by atoms with Crippen molar-refractivity contribution in [1.29, 1.82) is 0 Å². The van der Waals surface area contributed by atoms with Gasteiger partial charge < -0.3 is 24.5 Å². The van der Waals surface area contributed by atoms with Crippen LogP contribution in [0.25, 0.3) is 0 Å². The number of aliphatic imine (C=N–C) groups is 1. The lowest BCUT2D eigenvalue weighted by Gasteiger charge is -2.40. The lowest BCUT2D eigenvalue weighted by Crippen LogP contribution is -2.64. The van der Waals surface area contributed by atoms with Crippen LogP contribution in [0, 0.1) is 6.92 Å². The van der Waals surface area contributed by atoms with E-state index in [1.165, 1.54) is 16.1 Å². The number of hydrogen-bond acceptors (Lipinski definition) is 9. The Bertz CT molecular complexity index is 1240. The highest BCUT2D eigenvalue weighted by Crippen LogP contribution is 2.30. The number of hydrogen-bond donors (Lipinski definition) is 1. The first-order chi connectivity index (χ1) is 17.6. The van der Waals surface area contributed by atoms with Crippen molar-refractivity contribution in [2.24, 2.45) is 4.99 Å². The fraction of sp³-hybridized carbons (Fsp3) is 0.478. The molecule has 12 nitrogen and oxygen atoms in total. The quantitative estimate of drug-likeness (QED) is 0.615. The number of pyridine rings is 1. The number of nitrogens with zero attached hydrogens (tertiary/aromatic N) is 7. The summed E-state index contributed by atoms with van der Waals surface area (Å²) in [5.41, 5.74) is 0.428. The smallest absolute Gasteiger partial charge is 0.328 e. The summed E-state index contributed by atoms with van der Waals surface area (Å²) in [6.45, 7) is 1.77. The summed E-state index contributed by atoms with van der Waals surface area (Å²) < 4.78 is 32.0. The second-order valence-corrected chi connectivity index (χ2v) is 9.31. The minimum absolute atomic E-state index is 0.0677. The number of amides is 4. The topological polar surface area (TPSA) is 127 Å². The lowest BCUT2D eigenvalue weighted by atomic mass is 10.1. The third-order valence-corrected chi connectivity index (χ3v) is 6.60. The molecule has 5 heterocycles. The number of imide groups is 1.